The van der Waals surface area contributed by atoms with E-state index in [9.17, 15) is 26.7 Å². The van der Waals surface area contributed by atoms with Gasteiger partial charge in [0.2, 0.25) is 0 Å². The molecule has 4 nitrogen and oxygen atoms in total. The quantitative estimate of drug-likeness (QED) is 0.407. The van der Waals surface area contributed by atoms with Crippen LogP contribution in [0.3, 0.4) is 0 Å². The van der Waals surface area contributed by atoms with Crippen LogP contribution in [0, 0.1) is 13.5 Å². The van der Waals surface area contributed by atoms with E-state index in [2.05, 4.69) is 9.83 Å². The summed E-state index contributed by atoms with van der Waals surface area (Å²) in [4.78, 5) is 19.5. The van der Waals surface area contributed by atoms with Crippen molar-refractivity contribution in [2.24, 2.45) is 0 Å². The number of alkyl halides is 5. The third-order valence-corrected chi connectivity index (χ3v) is 5.12. The molecule has 0 aliphatic heterocycles. The van der Waals surface area contributed by atoms with Crippen molar-refractivity contribution in [3.05, 3.63) is 80.4 Å². The summed E-state index contributed by atoms with van der Waals surface area (Å²) in [6.45, 7) is 8.73. The Hall–Kier alpha value is -3.06. The topological polar surface area (TPSA) is 39.2 Å². The molecule has 2 aromatic heterocycles. The fourth-order valence-corrected chi connectivity index (χ4v) is 3.44. The maximum absolute atomic E-state index is 14.1. The third-order valence-electron chi connectivity index (χ3n) is 4.32. The van der Waals surface area contributed by atoms with Crippen molar-refractivity contribution in [1.82, 2.24) is 9.55 Å². The maximum Gasteiger partial charge on any atom is 0.456 e. The molecule has 3 rings (SSSR count). The monoisotopic (exact) mass is 425 g/mol. The van der Waals surface area contributed by atoms with Gasteiger partial charge >= 0.3 is 12.1 Å². The molecule has 0 aliphatic carbocycles. The van der Waals surface area contributed by atoms with Crippen molar-refractivity contribution in [2.75, 3.05) is 0 Å². The summed E-state index contributed by atoms with van der Waals surface area (Å²) >= 11 is 0.979. The first-order chi connectivity index (χ1) is 13.6. The first-order valence-corrected chi connectivity index (χ1v) is 9.00. The van der Waals surface area contributed by atoms with E-state index in [1.54, 1.807) is 31.2 Å². The zero-order valence-corrected chi connectivity index (χ0v) is 15.6. The lowest BCUT2D eigenvalue weighted by Gasteiger charge is -2.23. The number of nitrogens with zero attached hydrogens (tertiary/aromatic N) is 3. The molecular weight excluding hydrogens is 413 g/mol. The summed E-state index contributed by atoms with van der Waals surface area (Å²) in [5.41, 5.74) is -2.93. The van der Waals surface area contributed by atoms with Gasteiger partial charge < -0.3 is 4.57 Å². The molecule has 10 heteroatoms. The minimum atomic E-state index is -5.96. The molecule has 0 aliphatic rings. The second-order valence-corrected chi connectivity index (χ2v) is 7.03. The van der Waals surface area contributed by atoms with Crippen LogP contribution in [0.25, 0.3) is 15.5 Å². The number of hydrogen-bond acceptors (Lipinski definition) is 3. The molecule has 150 valence electrons. The highest BCUT2D eigenvalue weighted by atomic mass is 32.1. The van der Waals surface area contributed by atoms with Crippen LogP contribution in [0.5, 0.6) is 0 Å². The van der Waals surface area contributed by atoms with Crippen molar-refractivity contribution in [1.29, 1.82) is 0 Å². The fourth-order valence-electron chi connectivity index (χ4n) is 2.78. The van der Waals surface area contributed by atoms with Crippen LogP contribution in [0.4, 0.5) is 27.6 Å². The van der Waals surface area contributed by atoms with E-state index < -0.39 is 28.9 Å². The van der Waals surface area contributed by atoms with Gasteiger partial charge in [0.1, 0.15) is 5.01 Å². The molecule has 3 aromatic rings. The van der Waals surface area contributed by atoms with Gasteiger partial charge in [0.15, 0.2) is 0 Å². The molecule has 29 heavy (non-hydrogen) atoms. The molecule has 0 spiro atoms. The zero-order valence-electron chi connectivity index (χ0n) is 14.8. The maximum atomic E-state index is 14.1. The van der Waals surface area contributed by atoms with Gasteiger partial charge in [-0.25, -0.2) is 9.83 Å². The van der Waals surface area contributed by atoms with E-state index in [-0.39, 0.29) is 17.2 Å². The number of pyridine rings is 1. The molecule has 0 atom stereocenters. The van der Waals surface area contributed by atoms with Crippen molar-refractivity contribution in [2.45, 2.75) is 25.6 Å². The largest absolute Gasteiger partial charge is 0.456 e. The summed E-state index contributed by atoms with van der Waals surface area (Å²) in [5.74, 6) is -5.36. The molecule has 0 amide bonds. The zero-order chi connectivity index (χ0) is 21.4. The summed E-state index contributed by atoms with van der Waals surface area (Å²) in [5, 5.41) is 1.59. The number of hydrogen-bond donors (Lipinski definition) is 0. The lowest BCUT2D eigenvalue weighted by molar-refractivity contribution is -0.289. The Bertz CT molecular complexity index is 1140. The van der Waals surface area contributed by atoms with Crippen LogP contribution < -0.4 is 5.56 Å². The molecule has 0 bridgehead atoms. The van der Waals surface area contributed by atoms with E-state index in [1.165, 1.54) is 11.6 Å². The first kappa shape index (κ1) is 20.7. The van der Waals surface area contributed by atoms with Crippen LogP contribution >= 0.6 is 11.3 Å². The van der Waals surface area contributed by atoms with Crippen LogP contribution in [-0.2, 0) is 12.5 Å². The Morgan fingerprint density at radius 1 is 1.21 bits per heavy atom. The van der Waals surface area contributed by atoms with E-state index in [0.717, 1.165) is 21.5 Å². The van der Waals surface area contributed by atoms with Gasteiger partial charge in [0, 0.05) is 17.1 Å². The molecule has 1 aromatic carbocycles. The van der Waals surface area contributed by atoms with Crippen LogP contribution in [0.1, 0.15) is 16.7 Å². The molecule has 0 saturated carbocycles. The van der Waals surface area contributed by atoms with Gasteiger partial charge in [-0.2, -0.15) is 22.0 Å². The van der Waals surface area contributed by atoms with Crippen molar-refractivity contribution >= 4 is 17.0 Å². The van der Waals surface area contributed by atoms with Crippen LogP contribution in [-0.4, -0.2) is 15.7 Å². The van der Waals surface area contributed by atoms with Gasteiger partial charge in [-0.1, -0.05) is 24.3 Å². The number of thiazole rings is 1. The molecule has 0 radical (unpaired) electrons. The average Bonchev–Trinajstić information content (AvgIpc) is 3.18. The second kappa shape index (κ2) is 7.40. The highest BCUT2D eigenvalue weighted by Crippen LogP contribution is 2.47. The van der Waals surface area contributed by atoms with Crippen molar-refractivity contribution in [3.63, 3.8) is 0 Å². The van der Waals surface area contributed by atoms with E-state index >= 15 is 0 Å². The van der Waals surface area contributed by atoms with Gasteiger partial charge in [-0.15, -0.1) is 11.3 Å². The molecule has 0 saturated heterocycles. The number of benzene rings is 1. The normalized spacial score (nSPS) is 12.0. The number of halogens is 5. The predicted molar refractivity (Wildman–Crippen MR) is 98.3 cm³/mol. The number of aryl methyl sites for hydroxylation is 1. The Kier molecular flexibility index (Phi) is 5.28. The Morgan fingerprint density at radius 2 is 1.90 bits per heavy atom. The standard InChI is InChI=1S/C19H12F5N3OS/c1-11-5-3-4-6-12(11)10-27-14(16-26-7-8-29-16)9-13(15(25-2)17(27)28)18(20,21)19(22,23)24/h3-9H,10H2,1H3. The minimum Gasteiger partial charge on any atom is -0.311 e. The number of rotatable bonds is 4. The summed E-state index contributed by atoms with van der Waals surface area (Å²) in [6, 6.07) is 7.48. The number of aromatic nitrogens is 2. The van der Waals surface area contributed by atoms with E-state index in [4.69, 9.17) is 6.57 Å². The van der Waals surface area contributed by atoms with Gasteiger partial charge in [0.25, 0.3) is 11.2 Å². The highest BCUT2D eigenvalue weighted by Gasteiger charge is 2.60. The van der Waals surface area contributed by atoms with Crippen LogP contribution in [0.15, 0.2) is 46.7 Å². The lowest BCUT2D eigenvalue weighted by atomic mass is 10.0. The lowest BCUT2D eigenvalue weighted by Crippen LogP contribution is -2.36. The smallest absolute Gasteiger partial charge is 0.311 e. The second-order valence-electron chi connectivity index (χ2n) is 6.13. The molecule has 0 unspecified atom stereocenters. The van der Waals surface area contributed by atoms with Crippen LogP contribution in [0.2, 0.25) is 0 Å². The first-order valence-electron chi connectivity index (χ1n) is 8.12. The molecule has 0 fully saturated rings. The SMILES string of the molecule is [C-]#[N+]c1c(C(F)(F)C(F)(F)F)cc(-c2nccs2)n(Cc2ccccc2C)c1=O. The van der Waals surface area contributed by atoms with Crippen molar-refractivity contribution < 1.29 is 22.0 Å². The summed E-state index contributed by atoms with van der Waals surface area (Å²) in [7, 11) is 0. The third kappa shape index (κ3) is 3.65. The average molecular weight is 425 g/mol. The minimum absolute atomic E-state index is 0.0893. The van der Waals surface area contributed by atoms with E-state index in [0.29, 0.717) is 11.6 Å². The Morgan fingerprint density at radius 3 is 2.45 bits per heavy atom. The molecular formula is C19H12F5N3OS. The highest BCUT2D eigenvalue weighted by molar-refractivity contribution is 7.13. The van der Waals surface area contributed by atoms with Gasteiger partial charge in [-0.05, 0) is 24.1 Å². The van der Waals surface area contributed by atoms with Gasteiger partial charge in [-0.3, -0.25) is 4.79 Å². The Labute approximate surface area is 165 Å². The molecule has 2 heterocycles. The summed E-state index contributed by atoms with van der Waals surface area (Å²) in [6.07, 6.45) is -4.62. The fraction of sp³-hybridized carbons (Fsp3) is 0.211. The Balaban J connectivity index is 2.34. The van der Waals surface area contributed by atoms with Gasteiger partial charge in [0.05, 0.1) is 18.8 Å². The predicted octanol–water partition coefficient (Wildman–Crippen LogP) is 5.53. The molecule has 0 N–H and O–H groups in total. The van der Waals surface area contributed by atoms with E-state index in [1.807, 2.05) is 0 Å². The summed E-state index contributed by atoms with van der Waals surface area (Å²) < 4.78 is 68.1. The van der Waals surface area contributed by atoms with Crippen molar-refractivity contribution in [3.8, 4) is 10.7 Å².